The van der Waals surface area contributed by atoms with Crippen molar-refractivity contribution in [1.82, 2.24) is 14.9 Å². The number of carbonyl (C=O) groups excluding carboxylic acids is 2. The molecule has 2 aliphatic rings. The van der Waals surface area contributed by atoms with Gasteiger partial charge in [0.25, 0.3) is 11.8 Å². The lowest BCUT2D eigenvalue weighted by Gasteiger charge is -2.29. The molecule has 2 aliphatic heterocycles. The second-order valence-electron chi connectivity index (χ2n) is 7.81. The Balaban J connectivity index is 1.70. The number of para-hydroxylation sites is 1. The molecule has 3 heterocycles. The highest BCUT2D eigenvalue weighted by Gasteiger charge is 2.32. The number of imidazole rings is 1. The Morgan fingerprint density at radius 2 is 1.96 bits per heavy atom. The molecule has 1 atom stereocenters. The average molecular weight is 380 g/mol. The Labute approximate surface area is 165 Å². The van der Waals surface area contributed by atoms with Gasteiger partial charge in [0.15, 0.2) is 0 Å². The Kier molecular flexibility index (Phi) is 5.20. The third kappa shape index (κ3) is 3.32. The van der Waals surface area contributed by atoms with Gasteiger partial charge >= 0.3 is 0 Å². The van der Waals surface area contributed by atoms with Gasteiger partial charge in [-0.15, -0.1) is 0 Å². The van der Waals surface area contributed by atoms with Gasteiger partial charge in [-0.3, -0.25) is 9.59 Å². The quantitative estimate of drug-likeness (QED) is 0.885. The summed E-state index contributed by atoms with van der Waals surface area (Å²) >= 11 is 0. The normalized spacial score (nSPS) is 16.9. The van der Waals surface area contributed by atoms with E-state index in [1.807, 2.05) is 41.5 Å². The Morgan fingerprint density at radius 1 is 1.14 bits per heavy atom. The maximum absolute atomic E-state index is 13.5. The smallest absolute Gasteiger partial charge is 0.294 e. The zero-order chi connectivity index (χ0) is 19.7. The van der Waals surface area contributed by atoms with Crippen molar-refractivity contribution in [3.8, 4) is 0 Å². The van der Waals surface area contributed by atoms with Gasteiger partial charge in [0.1, 0.15) is 5.69 Å². The van der Waals surface area contributed by atoms with E-state index in [1.165, 1.54) is 5.56 Å². The summed E-state index contributed by atoms with van der Waals surface area (Å²) in [7, 11) is 0. The molecule has 6 nitrogen and oxygen atoms in total. The van der Waals surface area contributed by atoms with E-state index >= 15 is 0 Å². The number of rotatable bonds is 4. The summed E-state index contributed by atoms with van der Waals surface area (Å²) in [5, 5.41) is 3.00. The van der Waals surface area contributed by atoms with E-state index in [-0.39, 0.29) is 17.9 Å². The lowest BCUT2D eigenvalue weighted by molar-refractivity contribution is 0.0933. The first-order chi connectivity index (χ1) is 13.6. The van der Waals surface area contributed by atoms with Crippen LogP contribution in [0.2, 0.25) is 0 Å². The highest BCUT2D eigenvalue weighted by molar-refractivity contribution is 6.06. The van der Waals surface area contributed by atoms with Crippen molar-refractivity contribution in [2.24, 2.45) is 0 Å². The molecule has 148 valence electrons. The molecule has 1 unspecified atom stereocenters. The van der Waals surface area contributed by atoms with Gasteiger partial charge in [0, 0.05) is 24.8 Å². The van der Waals surface area contributed by atoms with Crippen LogP contribution in [-0.4, -0.2) is 34.0 Å². The van der Waals surface area contributed by atoms with Crippen molar-refractivity contribution in [1.29, 1.82) is 0 Å². The van der Waals surface area contributed by atoms with Crippen LogP contribution < -0.4 is 10.2 Å². The molecule has 0 saturated heterocycles. The van der Waals surface area contributed by atoms with Gasteiger partial charge in [-0.05, 0) is 57.1 Å². The van der Waals surface area contributed by atoms with Crippen LogP contribution in [0.25, 0.3) is 0 Å². The van der Waals surface area contributed by atoms with Crippen molar-refractivity contribution < 1.29 is 9.59 Å². The van der Waals surface area contributed by atoms with Gasteiger partial charge < -0.3 is 14.8 Å². The molecule has 2 aromatic rings. The Bertz CT molecular complexity index is 902. The average Bonchev–Trinajstić information content (AvgIpc) is 3.12. The van der Waals surface area contributed by atoms with Gasteiger partial charge in [0.05, 0.1) is 5.69 Å². The van der Waals surface area contributed by atoms with E-state index in [0.717, 1.165) is 56.5 Å². The molecule has 0 spiro atoms. The summed E-state index contributed by atoms with van der Waals surface area (Å²) in [6.45, 7) is 5.45. The van der Waals surface area contributed by atoms with Gasteiger partial charge in [-0.1, -0.05) is 25.1 Å². The van der Waals surface area contributed by atoms with Gasteiger partial charge in [-0.2, -0.15) is 0 Å². The number of aryl methyl sites for hydroxylation is 1. The summed E-state index contributed by atoms with van der Waals surface area (Å²) < 4.78 is 1.98. The zero-order valence-corrected chi connectivity index (χ0v) is 16.7. The topological polar surface area (TPSA) is 67.2 Å². The zero-order valence-electron chi connectivity index (χ0n) is 16.7. The van der Waals surface area contributed by atoms with Crippen molar-refractivity contribution in [3.63, 3.8) is 0 Å². The van der Waals surface area contributed by atoms with E-state index in [4.69, 9.17) is 0 Å². The number of carbonyl (C=O) groups is 2. The standard InChI is InChI=1S/C22H28N4O2/c1-3-15(2)23-21(27)19-18-12-6-7-13-25(18)20(24-19)22(28)26-14-8-10-16-9-4-5-11-17(16)26/h4-5,9,11,15H,3,6-8,10,12-14H2,1-2H3,(H,23,27). The Hall–Kier alpha value is -2.63. The lowest BCUT2D eigenvalue weighted by Crippen LogP contribution is -2.37. The SMILES string of the molecule is CCC(C)NC(=O)c1nc(C(=O)N2CCCc3ccccc32)n2c1CCCC2. The summed E-state index contributed by atoms with van der Waals surface area (Å²) in [5.74, 6) is 0.136. The third-order valence-corrected chi connectivity index (χ3v) is 5.87. The van der Waals surface area contributed by atoms with Crippen LogP contribution in [0.1, 0.15) is 71.9 Å². The number of aromatic nitrogens is 2. The molecule has 0 fully saturated rings. The maximum Gasteiger partial charge on any atom is 0.294 e. The van der Waals surface area contributed by atoms with Crippen LogP contribution in [0.5, 0.6) is 0 Å². The summed E-state index contributed by atoms with van der Waals surface area (Å²) in [4.78, 5) is 32.7. The third-order valence-electron chi connectivity index (χ3n) is 5.87. The molecule has 1 aromatic carbocycles. The molecule has 0 bridgehead atoms. The van der Waals surface area contributed by atoms with Crippen molar-refractivity contribution in [3.05, 3.63) is 47.0 Å². The van der Waals surface area contributed by atoms with Crippen molar-refractivity contribution in [2.45, 2.75) is 65.0 Å². The Morgan fingerprint density at radius 3 is 2.79 bits per heavy atom. The molecule has 4 rings (SSSR count). The molecular formula is C22H28N4O2. The summed E-state index contributed by atoms with van der Waals surface area (Å²) in [6.07, 6.45) is 5.61. The van der Waals surface area contributed by atoms with Crippen LogP contribution in [0.15, 0.2) is 24.3 Å². The van der Waals surface area contributed by atoms with E-state index in [2.05, 4.69) is 16.4 Å². The van der Waals surface area contributed by atoms with E-state index in [0.29, 0.717) is 18.1 Å². The predicted octanol–water partition coefficient (Wildman–Crippen LogP) is 3.34. The van der Waals surface area contributed by atoms with Crippen molar-refractivity contribution >= 4 is 17.5 Å². The van der Waals surface area contributed by atoms with Crippen LogP contribution in [0.4, 0.5) is 5.69 Å². The fourth-order valence-electron chi connectivity index (χ4n) is 4.15. The molecule has 6 heteroatoms. The molecule has 28 heavy (non-hydrogen) atoms. The number of amides is 2. The number of fused-ring (bicyclic) bond motifs is 2. The van der Waals surface area contributed by atoms with Crippen LogP contribution in [0.3, 0.4) is 0 Å². The number of nitrogens with zero attached hydrogens (tertiary/aromatic N) is 3. The minimum absolute atomic E-state index is 0.0848. The first kappa shape index (κ1) is 18.7. The van der Waals surface area contributed by atoms with Crippen molar-refractivity contribution in [2.75, 3.05) is 11.4 Å². The summed E-state index contributed by atoms with van der Waals surface area (Å²) in [5.41, 5.74) is 3.49. The second-order valence-corrected chi connectivity index (χ2v) is 7.81. The van der Waals surface area contributed by atoms with Gasteiger partial charge in [-0.25, -0.2) is 4.98 Å². The maximum atomic E-state index is 13.5. The molecule has 2 amide bonds. The van der Waals surface area contributed by atoms with Gasteiger partial charge in [0.2, 0.25) is 5.82 Å². The van der Waals surface area contributed by atoms with E-state index in [1.54, 1.807) is 0 Å². The highest BCUT2D eigenvalue weighted by Crippen LogP contribution is 2.29. The largest absolute Gasteiger partial charge is 0.348 e. The number of hydrogen-bond acceptors (Lipinski definition) is 3. The van der Waals surface area contributed by atoms with E-state index in [9.17, 15) is 9.59 Å². The van der Waals surface area contributed by atoms with Crippen LogP contribution >= 0.6 is 0 Å². The lowest BCUT2D eigenvalue weighted by atomic mass is 10.0. The number of hydrogen-bond donors (Lipinski definition) is 1. The second kappa shape index (κ2) is 7.78. The number of anilines is 1. The summed E-state index contributed by atoms with van der Waals surface area (Å²) in [6, 6.07) is 8.16. The molecule has 1 N–H and O–H groups in total. The predicted molar refractivity (Wildman–Crippen MR) is 109 cm³/mol. The molecule has 0 aliphatic carbocycles. The van der Waals surface area contributed by atoms with Crippen LogP contribution in [0, 0.1) is 0 Å². The number of benzene rings is 1. The highest BCUT2D eigenvalue weighted by atomic mass is 16.2. The fraction of sp³-hybridized carbons (Fsp3) is 0.500. The molecule has 1 aromatic heterocycles. The molecule has 0 saturated carbocycles. The molecule has 0 radical (unpaired) electrons. The fourth-order valence-corrected chi connectivity index (χ4v) is 4.15. The minimum Gasteiger partial charge on any atom is -0.348 e. The van der Waals surface area contributed by atoms with Crippen LogP contribution in [-0.2, 0) is 19.4 Å². The first-order valence-corrected chi connectivity index (χ1v) is 10.4. The van der Waals surface area contributed by atoms with E-state index < -0.39 is 0 Å². The first-order valence-electron chi connectivity index (χ1n) is 10.4. The minimum atomic E-state index is -0.168. The number of nitrogens with one attached hydrogen (secondary N) is 1. The monoisotopic (exact) mass is 380 g/mol. The molecular weight excluding hydrogens is 352 g/mol.